The molecule has 2 aliphatic heterocycles. The van der Waals surface area contributed by atoms with Crippen molar-refractivity contribution in [2.75, 3.05) is 33.4 Å². The number of carbonyl (C=O) groups is 3. The molecule has 1 atom stereocenters. The van der Waals surface area contributed by atoms with E-state index in [-0.39, 0.29) is 36.5 Å². The van der Waals surface area contributed by atoms with Gasteiger partial charge in [-0.2, -0.15) is 0 Å². The number of fused-ring (bicyclic) bond motifs is 1. The van der Waals surface area contributed by atoms with Crippen LogP contribution in [0.2, 0.25) is 0 Å². The third-order valence-electron chi connectivity index (χ3n) is 6.11. The fourth-order valence-corrected chi connectivity index (χ4v) is 4.21. The van der Waals surface area contributed by atoms with Crippen molar-refractivity contribution >= 4 is 17.9 Å². The Hall–Kier alpha value is -2.91. The van der Waals surface area contributed by atoms with Crippen LogP contribution < -0.4 is 9.47 Å². The van der Waals surface area contributed by atoms with E-state index in [0.29, 0.717) is 42.9 Å². The number of nitrogens with zero attached hydrogens (tertiary/aromatic N) is 1. The number of cyclic esters (lactones) is 1. The highest BCUT2D eigenvalue weighted by molar-refractivity contribution is 5.99. The van der Waals surface area contributed by atoms with E-state index >= 15 is 0 Å². The Morgan fingerprint density at radius 2 is 1.85 bits per heavy atom. The molecule has 1 aromatic carbocycles. The quantitative estimate of drug-likeness (QED) is 0.303. The number of hydrogen-bond donors (Lipinski definition) is 0. The Morgan fingerprint density at radius 3 is 2.50 bits per heavy atom. The smallest absolute Gasteiger partial charge is 0.342 e. The topological polar surface area (TPSA) is 101 Å². The lowest BCUT2D eigenvalue weighted by Gasteiger charge is -2.31. The molecule has 186 valence electrons. The predicted octanol–water partition coefficient (Wildman–Crippen LogP) is 3.09. The average Bonchev–Trinajstić information content (AvgIpc) is 3.20. The maximum atomic E-state index is 12.4. The summed E-state index contributed by atoms with van der Waals surface area (Å²) in [6.45, 7) is 9.81. The average molecular weight is 476 g/mol. The van der Waals surface area contributed by atoms with Crippen molar-refractivity contribution in [2.45, 2.75) is 59.8 Å². The van der Waals surface area contributed by atoms with Gasteiger partial charge in [-0.15, -0.1) is 0 Å². The molecule has 2 heterocycles. The van der Waals surface area contributed by atoms with E-state index in [2.05, 4.69) is 4.90 Å². The summed E-state index contributed by atoms with van der Waals surface area (Å²) in [6.07, 6.45) is 2.78. The van der Waals surface area contributed by atoms with Gasteiger partial charge in [0, 0.05) is 37.6 Å². The van der Waals surface area contributed by atoms with Crippen LogP contribution in [0.1, 0.15) is 60.7 Å². The van der Waals surface area contributed by atoms with E-state index < -0.39 is 11.9 Å². The van der Waals surface area contributed by atoms with Crippen LogP contribution in [0.25, 0.3) is 0 Å². The summed E-state index contributed by atoms with van der Waals surface area (Å²) >= 11 is 0. The molecule has 9 nitrogen and oxygen atoms in total. The zero-order chi connectivity index (χ0) is 24.8. The molecule has 34 heavy (non-hydrogen) atoms. The molecule has 1 fully saturated rings. The summed E-state index contributed by atoms with van der Waals surface area (Å²) in [7, 11) is 1.54. The molecule has 1 unspecified atom stereocenters. The Morgan fingerprint density at radius 1 is 1.15 bits per heavy atom. The maximum Gasteiger partial charge on any atom is 0.342 e. The summed E-state index contributed by atoms with van der Waals surface area (Å²) in [4.78, 5) is 38.5. The van der Waals surface area contributed by atoms with Crippen LogP contribution >= 0.6 is 0 Å². The minimum atomic E-state index is -0.535. The molecule has 1 saturated heterocycles. The van der Waals surface area contributed by atoms with Crippen molar-refractivity contribution in [1.29, 1.82) is 0 Å². The van der Waals surface area contributed by atoms with Gasteiger partial charge in [0.2, 0.25) is 0 Å². The molecule has 0 saturated carbocycles. The van der Waals surface area contributed by atoms with Gasteiger partial charge < -0.3 is 23.7 Å². The van der Waals surface area contributed by atoms with Crippen molar-refractivity contribution in [3.63, 3.8) is 0 Å². The van der Waals surface area contributed by atoms with Crippen LogP contribution in [-0.4, -0.2) is 62.4 Å². The Bertz CT molecular complexity index is 978. The second-order valence-corrected chi connectivity index (χ2v) is 8.48. The lowest BCUT2D eigenvalue weighted by Crippen LogP contribution is -2.44. The predicted molar refractivity (Wildman–Crippen MR) is 123 cm³/mol. The number of esters is 3. The van der Waals surface area contributed by atoms with E-state index in [1.807, 2.05) is 26.8 Å². The first-order valence-electron chi connectivity index (χ1n) is 11.5. The van der Waals surface area contributed by atoms with Gasteiger partial charge in [-0.25, -0.2) is 4.79 Å². The second kappa shape index (κ2) is 11.5. The molecular formula is C25H33NO8. The lowest BCUT2D eigenvalue weighted by atomic mass is 9.94. The maximum absolute atomic E-state index is 12.4. The highest BCUT2D eigenvalue weighted by Crippen LogP contribution is 2.43. The molecular weight excluding hydrogens is 442 g/mol. The van der Waals surface area contributed by atoms with Gasteiger partial charge in [0.1, 0.15) is 17.9 Å². The van der Waals surface area contributed by atoms with Gasteiger partial charge in [-0.3, -0.25) is 14.5 Å². The van der Waals surface area contributed by atoms with Crippen molar-refractivity contribution in [3.8, 4) is 11.5 Å². The second-order valence-electron chi connectivity index (χ2n) is 8.48. The number of hydrogen-bond acceptors (Lipinski definition) is 9. The minimum absolute atomic E-state index is 0.116. The van der Waals surface area contributed by atoms with E-state index in [0.717, 1.165) is 24.2 Å². The standard InChI is InChI=1S/C25H33NO8/c1-15(7-9-21(28)33-17(3)26-10-12-31-13-11-26)6-8-19-23(30-5)16(2)20-14-32-25(29)22(20)24(19)34-18(4)27/h6,17H,7-14H2,1-5H3/b15-6+. The number of benzene rings is 1. The molecule has 0 radical (unpaired) electrons. The van der Waals surface area contributed by atoms with Crippen LogP contribution in [0.5, 0.6) is 11.5 Å². The molecule has 0 aliphatic carbocycles. The highest BCUT2D eigenvalue weighted by atomic mass is 16.6. The largest absolute Gasteiger partial charge is 0.496 e. The van der Waals surface area contributed by atoms with E-state index in [4.69, 9.17) is 23.7 Å². The van der Waals surface area contributed by atoms with Gasteiger partial charge in [0.15, 0.2) is 12.0 Å². The van der Waals surface area contributed by atoms with Crippen LogP contribution in [0.15, 0.2) is 11.6 Å². The molecule has 0 amide bonds. The van der Waals surface area contributed by atoms with Gasteiger partial charge in [-0.05, 0) is 39.2 Å². The molecule has 9 heteroatoms. The Labute approximate surface area is 199 Å². The molecule has 0 bridgehead atoms. The lowest BCUT2D eigenvalue weighted by molar-refractivity contribution is -0.161. The molecule has 0 spiro atoms. The number of carbonyl (C=O) groups excluding carboxylic acids is 3. The van der Waals surface area contributed by atoms with Gasteiger partial charge in [-0.1, -0.05) is 11.6 Å². The van der Waals surface area contributed by atoms with E-state index in [1.165, 1.54) is 14.0 Å². The summed E-state index contributed by atoms with van der Waals surface area (Å²) in [5.74, 6) is -0.588. The molecule has 0 aromatic heterocycles. The van der Waals surface area contributed by atoms with Crippen LogP contribution in [-0.2, 0) is 36.8 Å². The Kier molecular flexibility index (Phi) is 8.68. The normalized spacial score (nSPS) is 17.1. The summed E-state index contributed by atoms with van der Waals surface area (Å²) in [5.41, 5.74) is 3.28. The van der Waals surface area contributed by atoms with E-state index in [1.54, 1.807) is 0 Å². The van der Waals surface area contributed by atoms with Crippen LogP contribution in [0, 0.1) is 6.92 Å². The summed E-state index contributed by atoms with van der Waals surface area (Å²) in [6, 6.07) is 0. The number of ether oxygens (including phenoxy) is 5. The zero-order valence-corrected chi connectivity index (χ0v) is 20.5. The summed E-state index contributed by atoms with van der Waals surface area (Å²) in [5, 5.41) is 0. The van der Waals surface area contributed by atoms with Crippen molar-refractivity contribution < 1.29 is 38.1 Å². The minimum Gasteiger partial charge on any atom is -0.496 e. The SMILES string of the molecule is COc1c(C)c2c(c(OC(C)=O)c1C/C=C(\C)CCC(=O)OC(C)N1CCOCC1)C(=O)OC2. The first kappa shape index (κ1) is 25.7. The fourth-order valence-electron chi connectivity index (χ4n) is 4.21. The third-order valence-corrected chi connectivity index (χ3v) is 6.11. The van der Waals surface area contributed by atoms with Crippen LogP contribution in [0.4, 0.5) is 0 Å². The Balaban J connectivity index is 1.70. The van der Waals surface area contributed by atoms with E-state index in [9.17, 15) is 14.4 Å². The fraction of sp³-hybridized carbons (Fsp3) is 0.560. The third kappa shape index (κ3) is 5.95. The van der Waals surface area contributed by atoms with Crippen LogP contribution in [0.3, 0.4) is 0 Å². The van der Waals surface area contributed by atoms with Crippen molar-refractivity contribution in [3.05, 3.63) is 33.9 Å². The van der Waals surface area contributed by atoms with Gasteiger partial charge in [0.25, 0.3) is 0 Å². The van der Waals surface area contributed by atoms with Crippen molar-refractivity contribution in [2.24, 2.45) is 0 Å². The number of methoxy groups -OCH3 is 1. The zero-order valence-electron chi connectivity index (χ0n) is 20.5. The molecule has 1 aromatic rings. The molecule has 2 aliphatic rings. The number of rotatable bonds is 9. The summed E-state index contributed by atoms with van der Waals surface area (Å²) < 4.78 is 27.1. The monoisotopic (exact) mass is 475 g/mol. The number of allylic oxidation sites excluding steroid dienone is 2. The van der Waals surface area contributed by atoms with Gasteiger partial charge >= 0.3 is 17.9 Å². The number of morpholine rings is 1. The van der Waals surface area contributed by atoms with Gasteiger partial charge in [0.05, 0.1) is 20.3 Å². The van der Waals surface area contributed by atoms with Crippen molar-refractivity contribution in [1.82, 2.24) is 4.90 Å². The first-order chi connectivity index (χ1) is 16.2. The highest BCUT2D eigenvalue weighted by Gasteiger charge is 2.33. The first-order valence-corrected chi connectivity index (χ1v) is 11.5. The molecule has 0 N–H and O–H groups in total. The molecule has 3 rings (SSSR count).